The number of esters is 1. The van der Waals surface area contributed by atoms with E-state index in [9.17, 15) is 20.1 Å². The van der Waals surface area contributed by atoms with Crippen molar-refractivity contribution in [1.82, 2.24) is 0 Å². The highest BCUT2D eigenvalue weighted by Crippen LogP contribution is 2.70. The molecule has 2 heterocycles. The normalized spacial score (nSPS) is 54.5. The molecule has 0 radical (unpaired) electrons. The van der Waals surface area contributed by atoms with Gasteiger partial charge in [-0.3, -0.25) is 0 Å². The van der Waals surface area contributed by atoms with E-state index in [1.807, 2.05) is 0 Å². The van der Waals surface area contributed by atoms with E-state index in [0.29, 0.717) is 18.4 Å². The summed E-state index contributed by atoms with van der Waals surface area (Å²) in [4.78, 5) is 11.8. The van der Waals surface area contributed by atoms with Crippen LogP contribution in [0.15, 0.2) is 11.6 Å². The summed E-state index contributed by atoms with van der Waals surface area (Å²) in [5.41, 5.74) is 0.300. The Hall–Kier alpha value is -1.03. The maximum Gasteiger partial charge on any atom is 0.331 e. The van der Waals surface area contributed by atoms with Crippen molar-refractivity contribution in [1.29, 1.82) is 0 Å². The molecular formula is C30H46O8. The first-order chi connectivity index (χ1) is 18.0. The number of hydrogen-bond acceptors (Lipinski definition) is 8. The molecule has 8 heteroatoms. The van der Waals surface area contributed by atoms with Crippen LogP contribution in [-0.2, 0) is 23.7 Å². The van der Waals surface area contributed by atoms with E-state index >= 15 is 0 Å². The molecule has 0 bridgehead atoms. The molecule has 6 rings (SSSR count). The van der Waals surface area contributed by atoms with E-state index in [0.717, 1.165) is 63.4 Å². The summed E-state index contributed by atoms with van der Waals surface area (Å²) in [6.45, 7) is 6.87. The third-order valence-corrected chi connectivity index (χ3v) is 12.3. The molecule has 0 aromatic carbocycles. The SMILES string of the molecule is CO[C@@H]1[C@@H](O)[C@H](O[C@H]2CC[C@@]3(C)[C@H](CC[C@@H]4[C@@H]3CC[C@]3(C)[C@@H](C5=CC(=O)OC5)CC[C@]43O)C2)O[C@H](C)[C@H]1O. The molecule has 0 spiro atoms. The zero-order valence-electron chi connectivity index (χ0n) is 23.3. The predicted molar refractivity (Wildman–Crippen MR) is 138 cm³/mol. The Labute approximate surface area is 226 Å². The molecule has 6 aliphatic rings. The number of cyclic esters (lactones) is 1. The number of fused-ring (bicyclic) bond motifs is 5. The van der Waals surface area contributed by atoms with Crippen LogP contribution in [-0.4, -0.2) is 77.4 Å². The topological polar surface area (TPSA) is 115 Å². The first-order valence-corrected chi connectivity index (χ1v) is 14.8. The highest BCUT2D eigenvalue weighted by molar-refractivity contribution is 5.85. The van der Waals surface area contributed by atoms with Crippen LogP contribution in [0.25, 0.3) is 0 Å². The molecule has 4 aliphatic carbocycles. The lowest BCUT2D eigenvalue weighted by atomic mass is 9.43. The first kappa shape index (κ1) is 27.2. The predicted octanol–water partition coefficient (Wildman–Crippen LogP) is 3.11. The Morgan fingerprint density at radius 3 is 2.50 bits per heavy atom. The highest BCUT2D eigenvalue weighted by Gasteiger charge is 2.67. The van der Waals surface area contributed by atoms with Gasteiger partial charge in [-0.05, 0) is 99.4 Å². The Bertz CT molecular complexity index is 968. The molecule has 2 aliphatic heterocycles. The monoisotopic (exact) mass is 534 g/mol. The van der Waals surface area contributed by atoms with Crippen molar-refractivity contribution in [2.75, 3.05) is 13.7 Å². The molecule has 0 unspecified atom stereocenters. The van der Waals surface area contributed by atoms with Crippen LogP contribution in [0.1, 0.15) is 78.6 Å². The summed E-state index contributed by atoms with van der Waals surface area (Å²) in [6.07, 6.45) is 6.45. The number of aliphatic hydroxyl groups excluding tert-OH is 2. The molecule has 5 fully saturated rings. The number of rotatable bonds is 4. The number of aliphatic hydroxyl groups is 3. The van der Waals surface area contributed by atoms with E-state index in [1.54, 1.807) is 13.0 Å². The fourth-order valence-electron chi connectivity index (χ4n) is 10.1. The average Bonchev–Trinajstić information content (AvgIpc) is 3.43. The summed E-state index contributed by atoms with van der Waals surface area (Å²) >= 11 is 0. The zero-order valence-corrected chi connectivity index (χ0v) is 23.3. The van der Waals surface area contributed by atoms with Crippen LogP contribution in [0.2, 0.25) is 0 Å². The Kier molecular flexibility index (Phi) is 6.80. The molecule has 0 aromatic heterocycles. The molecular weight excluding hydrogens is 488 g/mol. The molecule has 214 valence electrons. The van der Waals surface area contributed by atoms with Crippen molar-refractivity contribution >= 4 is 5.97 Å². The largest absolute Gasteiger partial charge is 0.458 e. The van der Waals surface area contributed by atoms with E-state index in [2.05, 4.69) is 13.8 Å². The average molecular weight is 535 g/mol. The second kappa shape index (κ2) is 9.52. The van der Waals surface area contributed by atoms with Crippen LogP contribution >= 0.6 is 0 Å². The molecule has 0 aromatic rings. The highest BCUT2D eigenvalue weighted by atomic mass is 16.7. The van der Waals surface area contributed by atoms with E-state index in [1.165, 1.54) is 7.11 Å². The van der Waals surface area contributed by atoms with Crippen LogP contribution in [0.3, 0.4) is 0 Å². The molecule has 38 heavy (non-hydrogen) atoms. The lowest BCUT2D eigenvalue weighted by Crippen LogP contribution is -2.62. The number of methoxy groups -OCH3 is 1. The summed E-state index contributed by atoms with van der Waals surface area (Å²) in [5.74, 6) is 1.22. The van der Waals surface area contributed by atoms with Gasteiger partial charge in [0.15, 0.2) is 6.29 Å². The first-order valence-electron chi connectivity index (χ1n) is 14.8. The summed E-state index contributed by atoms with van der Waals surface area (Å²) in [5, 5.41) is 33.5. The van der Waals surface area contributed by atoms with Gasteiger partial charge in [0, 0.05) is 18.6 Å². The molecule has 8 nitrogen and oxygen atoms in total. The lowest BCUT2D eigenvalue weighted by molar-refractivity contribution is -0.313. The van der Waals surface area contributed by atoms with Crippen LogP contribution in [0.4, 0.5) is 0 Å². The van der Waals surface area contributed by atoms with E-state index < -0.39 is 36.3 Å². The van der Waals surface area contributed by atoms with Crippen molar-refractivity contribution in [2.24, 2.45) is 34.5 Å². The molecule has 3 N–H and O–H groups in total. The van der Waals surface area contributed by atoms with Crippen molar-refractivity contribution in [3.8, 4) is 0 Å². The van der Waals surface area contributed by atoms with Gasteiger partial charge in [-0.25, -0.2) is 4.79 Å². The standard InChI is InChI=1S/C30H46O8/c1-16-24(32)26(35-4)25(33)27(37-16)38-19-7-10-28(2)18(14-19)5-6-22-21(28)8-11-29(3)20(9-12-30(22,29)34)17-13-23(31)36-15-17/h13,16,18-22,24-27,32-34H,5-12,14-15H2,1-4H3/t16-,18-,19+,20-,21+,22-,24-,25-,26+,27+,28+,29-,30+/m1/s1. The summed E-state index contributed by atoms with van der Waals surface area (Å²) in [7, 11) is 1.49. The van der Waals surface area contributed by atoms with Crippen molar-refractivity contribution in [3.05, 3.63) is 11.6 Å². The Morgan fingerprint density at radius 1 is 1.00 bits per heavy atom. The smallest absolute Gasteiger partial charge is 0.331 e. The molecule has 0 amide bonds. The van der Waals surface area contributed by atoms with Gasteiger partial charge >= 0.3 is 5.97 Å². The molecule has 4 saturated carbocycles. The van der Waals surface area contributed by atoms with Crippen molar-refractivity contribution in [3.63, 3.8) is 0 Å². The summed E-state index contributed by atoms with van der Waals surface area (Å²) in [6, 6.07) is 0. The third-order valence-electron chi connectivity index (χ3n) is 12.3. The number of hydrogen-bond donors (Lipinski definition) is 3. The minimum absolute atomic E-state index is 0.0103. The zero-order chi connectivity index (χ0) is 27.0. The van der Waals surface area contributed by atoms with Crippen LogP contribution < -0.4 is 0 Å². The fraction of sp³-hybridized carbons (Fsp3) is 0.900. The maximum atomic E-state index is 12.4. The lowest BCUT2D eigenvalue weighted by Gasteiger charge is -2.64. The van der Waals surface area contributed by atoms with Gasteiger partial charge in [0.05, 0.1) is 17.8 Å². The third kappa shape index (κ3) is 3.88. The number of carbonyl (C=O) groups excluding carboxylic acids is 1. The number of ether oxygens (including phenoxy) is 4. The minimum atomic E-state index is -1.04. The van der Waals surface area contributed by atoms with Gasteiger partial charge in [-0.1, -0.05) is 13.8 Å². The van der Waals surface area contributed by atoms with E-state index in [-0.39, 0.29) is 34.7 Å². The van der Waals surface area contributed by atoms with Gasteiger partial charge in [-0.2, -0.15) is 0 Å². The van der Waals surface area contributed by atoms with Gasteiger partial charge in [0.2, 0.25) is 0 Å². The van der Waals surface area contributed by atoms with E-state index in [4.69, 9.17) is 18.9 Å². The molecule has 13 atom stereocenters. The quantitative estimate of drug-likeness (QED) is 0.372. The van der Waals surface area contributed by atoms with Crippen molar-refractivity contribution < 1.29 is 39.1 Å². The molecule has 1 saturated heterocycles. The van der Waals surface area contributed by atoms with Gasteiger partial charge < -0.3 is 34.3 Å². The number of carbonyl (C=O) groups is 1. The van der Waals surface area contributed by atoms with Gasteiger partial charge in [-0.15, -0.1) is 0 Å². The second-order valence-corrected chi connectivity index (χ2v) is 13.7. The van der Waals surface area contributed by atoms with Crippen LogP contribution in [0.5, 0.6) is 0 Å². The Morgan fingerprint density at radius 2 is 1.79 bits per heavy atom. The van der Waals surface area contributed by atoms with Crippen LogP contribution in [0, 0.1) is 34.5 Å². The van der Waals surface area contributed by atoms with Gasteiger partial charge in [0.1, 0.15) is 24.9 Å². The second-order valence-electron chi connectivity index (χ2n) is 13.7. The van der Waals surface area contributed by atoms with Gasteiger partial charge in [0.25, 0.3) is 0 Å². The maximum absolute atomic E-state index is 12.4. The van der Waals surface area contributed by atoms with Crippen molar-refractivity contribution in [2.45, 2.75) is 121 Å². The summed E-state index contributed by atoms with van der Waals surface area (Å²) < 4.78 is 22.8. The fourth-order valence-corrected chi connectivity index (χ4v) is 10.1. The minimum Gasteiger partial charge on any atom is -0.458 e. The Balaban J connectivity index is 1.16.